The van der Waals surface area contributed by atoms with E-state index >= 15 is 0 Å². The van der Waals surface area contributed by atoms with Crippen molar-refractivity contribution in [2.24, 2.45) is 0 Å². The maximum Gasteiger partial charge on any atom is 0.240 e. The first kappa shape index (κ1) is 16.6. The third kappa shape index (κ3) is 3.15. The van der Waals surface area contributed by atoms with Crippen LogP contribution in [0.3, 0.4) is 0 Å². The third-order valence-corrected chi connectivity index (χ3v) is 6.01. The van der Waals surface area contributed by atoms with Crippen molar-refractivity contribution in [1.29, 1.82) is 0 Å². The molecule has 0 bridgehead atoms. The van der Waals surface area contributed by atoms with Gasteiger partial charge in [-0.05, 0) is 66.6 Å². The normalized spacial score (nSPS) is 19.8. The lowest BCUT2D eigenvalue weighted by Gasteiger charge is -2.36. The number of fused-ring (bicyclic) bond motifs is 2. The number of hydrogen-bond acceptors (Lipinski definition) is 2. The molecule has 1 aliphatic heterocycles. The molecule has 1 aromatic heterocycles. The van der Waals surface area contributed by atoms with E-state index in [1.165, 1.54) is 22.1 Å². The van der Waals surface area contributed by atoms with Crippen molar-refractivity contribution >= 4 is 16.8 Å². The van der Waals surface area contributed by atoms with Crippen LogP contribution < -0.4 is 0 Å². The number of hydrogen-bond donors (Lipinski definition) is 1. The van der Waals surface area contributed by atoms with Gasteiger partial charge >= 0.3 is 0 Å². The van der Waals surface area contributed by atoms with Crippen molar-refractivity contribution in [2.75, 3.05) is 7.05 Å². The molecule has 0 unspecified atom stereocenters. The van der Waals surface area contributed by atoms with Gasteiger partial charge in [0.15, 0.2) is 0 Å². The molecule has 5 rings (SSSR count). The fraction of sp³-hybridized carbons (Fsp3) is 0.348. The Balaban J connectivity index is 1.39. The van der Waals surface area contributed by atoms with Crippen molar-refractivity contribution in [3.05, 3.63) is 71.4 Å². The van der Waals surface area contributed by atoms with Crippen molar-refractivity contribution < 1.29 is 4.79 Å². The molecule has 4 heteroatoms. The zero-order chi connectivity index (χ0) is 18.4. The number of nitrogens with zero attached hydrogens (tertiary/aromatic N) is 2. The molecule has 138 valence electrons. The number of amides is 1. The van der Waals surface area contributed by atoms with E-state index in [0.29, 0.717) is 12.6 Å². The number of carbonyl (C=O) groups excluding carboxylic acids is 1. The Bertz CT molecular complexity index is 988. The average Bonchev–Trinajstić information content (AvgIpc) is 3.42. The van der Waals surface area contributed by atoms with E-state index in [0.717, 1.165) is 31.3 Å². The number of nitrogens with one attached hydrogen (secondary N) is 1. The van der Waals surface area contributed by atoms with Gasteiger partial charge in [-0.2, -0.15) is 0 Å². The monoisotopic (exact) mass is 359 g/mol. The molecule has 1 aliphatic carbocycles. The summed E-state index contributed by atoms with van der Waals surface area (Å²) in [5.74, 6) is 0.281. The molecule has 0 spiro atoms. The van der Waals surface area contributed by atoms with E-state index in [9.17, 15) is 4.79 Å². The number of likely N-dealkylation sites (N-methyl/N-ethyl adjacent to an activating group) is 1. The number of H-pyrrole nitrogens is 1. The van der Waals surface area contributed by atoms with Gasteiger partial charge < -0.3 is 9.88 Å². The van der Waals surface area contributed by atoms with Gasteiger partial charge in [0.1, 0.15) is 0 Å². The molecule has 2 aromatic carbocycles. The Kier molecular flexibility index (Phi) is 4.01. The Labute approximate surface area is 159 Å². The zero-order valence-electron chi connectivity index (χ0n) is 15.7. The Hall–Kier alpha value is -2.59. The van der Waals surface area contributed by atoms with Crippen LogP contribution in [0.4, 0.5) is 0 Å². The van der Waals surface area contributed by atoms with Crippen LogP contribution >= 0.6 is 0 Å². The first-order valence-corrected chi connectivity index (χ1v) is 9.82. The van der Waals surface area contributed by atoms with E-state index in [1.807, 2.05) is 6.20 Å². The minimum absolute atomic E-state index is 0.0588. The molecule has 1 saturated carbocycles. The maximum absolute atomic E-state index is 13.5. The van der Waals surface area contributed by atoms with Crippen LogP contribution in [0.15, 0.2) is 54.7 Å². The summed E-state index contributed by atoms with van der Waals surface area (Å²) in [5, 5.41) is 1.21. The topological polar surface area (TPSA) is 39.3 Å². The van der Waals surface area contributed by atoms with E-state index in [-0.39, 0.29) is 11.9 Å². The highest BCUT2D eigenvalue weighted by molar-refractivity contribution is 5.84. The molecule has 1 atom stereocenters. The second-order valence-corrected chi connectivity index (χ2v) is 8.00. The molecule has 2 aliphatic rings. The SMILES string of the molecule is CN1Cc2ccccc2C[C@@H]1C(=O)N(Cc1ccc2[nH]ccc2c1)C1CC1. The van der Waals surface area contributed by atoms with Crippen molar-refractivity contribution in [3.8, 4) is 0 Å². The van der Waals surface area contributed by atoms with Gasteiger partial charge in [0.05, 0.1) is 6.04 Å². The molecular weight excluding hydrogens is 334 g/mol. The highest BCUT2D eigenvalue weighted by atomic mass is 16.2. The summed E-state index contributed by atoms with van der Waals surface area (Å²) in [4.78, 5) is 21.1. The molecule has 1 fully saturated rings. The molecule has 0 radical (unpaired) electrons. The molecule has 1 amide bonds. The standard InChI is InChI=1S/C23H25N3O/c1-25-15-19-5-3-2-4-17(19)13-22(25)23(27)26(20-7-8-20)14-16-6-9-21-18(12-16)10-11-24-21/h2-6,9-12,20,22,24H,7-8,13-15H2,1H3/t22-/m1/s1. The summed E-state index contributed by atoms with van der Waals surface area (Å²) in [6.07, 6.45) is 5.04. The Morgan fingerprint density at radius 1 is 1.15 bits per heavy atom. The van der Waals surface area contributed by atoms with Gasteiger partial charge in [0.25, 0.3) is 0 Å². The molecule has 1 N–H and O–H groups in total. The Morgan fingerprint density at radius 2 is 1.96 bits per heavy atom. The van der Waals surface area contributed by atoms with Crippen LogP contribution in [0.5, 0.6) is 0 Å². The first-order chi connectivity index (χ1) is 13.2. The molecule has 2 heterocycles. The van der Waals surface area contributed by atoms with Crippen molar-refractivity contribution in [1.82, 2.24) is 14.8 Å². The molecule has 4 nitrogen and oxygen atoms in total. The van der Waals surface area contributed by atoms with Crippen molar-refractivity contribution in [3.63, 3.8) is 0 Å². The highest BCUT2D eigenvalue weighted by Crippen LogP contribution is 2.32. The Morgan fingerprint density at radius 3 is 2.78 bits per heavy atom. The number of rotatable bonds is 4. The zero-order valence-corrected chi connectivity index (χ0v) is 15.7. The molecule has 0 saturated heterocycles. The summed E-state index contributed by atoms with van der Waals surface area (Å²) >= 11 is 0. The second-order valence-electron chi connectivity index (χ2n) is 8.00. The number of carbonyl (C=O) groups is 1. The van der Waals surface area contributed by atoms with E-state index in [4.69, 9.17) is 0 Å². The van der Waals surface area contributed by atoms with Crippen LogP contribution in [0, 0.1) is 0 Å². The number of benzene rings is 2. The molecular formula is C23H25N3O. The lowest BCUT2D eigenvalue weighted by molar-refractivity contribution is -0.138. The van der Waals surface area contributed by atoms with Gasteiger partial charge in [0, 0.05) is 30.8 Å². The van der Waals surface area contributed by atoms with Gasteiger partial charge in [-0.1, -0.05) is 30.3 Å². The average molecular weight is 359 g/mol. The van der Waals surface area contributed by atoms with E-state index in [2.05, 4.69) is 70.4 Å². The summed E-state index contributed by atoms with van der Waals surface area (Å²) in [7, 11) is 2.08. The van der Waals surface area contributed by atoms with Gasteiger partial charge in [-0.3, -0.25) is 9.69 Å². The van der Waals surface area contributed by atoms with E-state index < -0.39 is 0 Å². The smallest absolute Gasteiger partial charge is 0.240 e. The summed E-state index contributed by atoms with van der Waals surface area (Å²) < 4.78 is 0. The lowest BCUT2D eigenvalue weighted by atomic mass is 9.93. The maximum atomic E-state index is 13.5. The number of aromatic nitrogens is 1. The summed E-state index contributed by atoms with van der Waals surface area (Å²) in [6, 6.07) is 17.4. The van der Waals surface area contributed by atoms with Crippen LogP contribution in [-0.2, 0) is 24.3 Å². The van der Waals surface area contributed by atoms with Gasteiger partial charge in [-0.25, -0.2) is 0 Å². The van der Waals surface area contributed by atoms with Gasteiger partial charge in [0.2, 0.25) is 5.91 Å². The fourth-order valence-corrected chi connectivity index (χ4v) is 4.29. The predicted octanol–water partition coefficient (Wildman–Crippen LogP) is 3.72. The van der Waals surface area contributed by atoms with E-state index in [1.54, 1.807) is 0 Å². The minimum atomic E-state index is -0.0588. The lowest BCUT2D eigenvalue weighted by Crippen LogP contribution is -2.50. The first-order valence-electron chi connectivity index (χ1n) is 9.82. The largest absolute Gasteiger partial charge is 0.361 e. The van der Waals surface area contributed by atoms with Crippen molar-refractivity contribution in [2.45, 2.75) is 44.4 Å². The molecule has 3 aromatic rings. The van der Waals surface area contributed by atoms with Crippen LogP contribution in [-0.4, -0.2) is 39.8 Å². The van der Waals surface area contributed by atoms with Crippen LogP contribution in [0.25, 0.3) is 10.9 Å². The minimum Gasteiger partial charge on any atom is -0.361 e. The third-order valence-electron chi connectivity index (χ3n) is 6.01. The second kappa shape index (κ2) is 6.54. The fourth-order valence-electron chi connectivity index (χ4n) is 4.29. The van der Waals surface area contributed by atoms with Gasteiger partial charge in [-0.15, -0.1) is 0 Å². The number of aromatic amines is 1. The summed E-state index contributed by atoms with van der Waals surface area (Å²) in [5.41, 5.74) is 5.02. The predicted molar refractivity (Wildman–Crippen MR) is 107 cm³/mol. The molecule has 27 heavy (non-hydrogen) atoms. The van der Waals surface area contributed by atoms with Crippen LogP contribution in [0.1, 0.15) is 29.5 Å². The quantitative estimate of drug-likeness (QED) is 0.771. The highest BCUT2D eigenvalue weighted by Gasteiger charge is 2.38. The van der Waals surface area contributed by atoms with Crippen LogP contribution in [0.2, 0.25) is 0 Å². The summed E-state index contributed by atoms with van der Waals surface area (Å²) in [6.45, 7) is 1.55.